The van der Waals surface area contributed by atoms with Crippen molar-refractivity contribution in [1.29, 1.82) is 0 Å². The normalized spacial score (nSPS) is 23.8. The van der Waals surface area contributed by atoms with Gasteiger partial charge in [-0.1, -0.05) is 18.2 Å². The summed E-state index contributed by atoms with van der Waals surface area (Å²) in [6, 6.07) is 6.76. The molecule has 0 spiro atoms. The Bertz CT molecular complexity index is 700. The van der Waals surface area contributed by atoms with Crippen molar-refractivity contribution in [3.05, 3.63) is 53.5 Å². The quantitative estimate of drug-likeness (QED) is 0.725. The molecule has 1 atom stereocenters. The molecule has 3 aliphatic heterocycles. The second-order valence-corrected chi connectivity index (χ2v) is 5.51. The summed E-state index contributed by atoms with van der Waals surface area (Å²) in [5, 5.41) is 0. The van der Waals surface area contributed by atoms with Gasteiger partial charge in [0.05, 0.1) is 6.54 Å². The molecule has 1 aromatic rings. The molecule has 3 nitrogen and oxygen atoms in total. The average molecular weight is 281 g/mol. The van der Waals surface area contributed by atoms with Gasteiger partial charge in [0.15, 0.2) is 0 Å². The largest absolute Gasteiger partial charge is 0.302 e. The number of nitrogens with zero attached hydrogens (tertiary/aromatic N) is 3. The van der Waals surface area contributed by atoms with Gasteiger partial charge >= 0.3 is 0 Å². The summed E-state index contributed by atoms with van der Waals surface area (Å²) in [5.41, 5.74) is 3.33. The van der Waals surface area contributed by atoms with Crippen LogP contribution in [0.2, 0.25) is 0 Å². The number of dihydropyridines is 2. The topological polar surface area (TPSA) is 28.0 Å². The summed E-state index contributed by atoms with van der Waals surface area (Å²) < 4.78 is 13.6. The van der Waals surface area contributed by atoms with Gasteiger partial charge in [-0.3, -0.25) is 9.98 Å². The smallest absolute Gasteiger partial charge is 0.125 e. The van der Waals surface area contributed by atoms with Crippen molar-refractivity contribution in [1.82, 2.24) is 0 Å². The highest BCUT2D eigenvalue weighted by Crippen LogP contribution is 2.36. The van der Waals surface area contributed by atoms with Gasteiger partial charge in [-0.2, -0.15) is 0 Å². The van der Waals surface area contributed by atoms with E-state index in [0.29, 0.717) is 6.54 Å². The number of hydrogen-bond acceptors (Lipinski definition) is 3. The first-order valence-corrected chi connectivity index (χ1v) is 7.31. The summed E-state index contributed by atoms with van der Waals surface area (Å²) in [6.07, 6.45) is 8.12. The molecule has 0 saturated heterocycles. The minimum absolute atomic E-state index is 0.215. The summed E-state index contributed by atoms with van der Waals surface area (Å²) in [6.45, 7) is 1.49. The van der Waals surface area contributed by atoms with E-state index in [-0.39, 0.29) is 11.7 Å². The molecule has 21 heavy (non-hydrogen) atoms. The summed E-state index contributed by atoms with van der Waals surface area (Å²) in [4.78, 5) is 11.2. The number of fused-ring (bicyclic) bond motifs is 1. The molecule has 0 aromatic heterocycles. The van der Waals surface area contributed by atoms with Gasteiger partial charge in [0.2, 0.25) is 0 Å². The molecule has 0 fully saturated rings. The zero-order chi connectivity index (χ0) is 14.2. The molecule has 0 N–H and O–H groups in total. The minimum atomic E-state index is -0.215. The van der Waals surface area contributed by atoms with Crippen LogP contribution < -0.4 is 4.90 Å². The Hall–Kier alpha value is -2.23. The Kier molecular flexibility index (Phi) is 2.95. The van der Waals surface area contributed by atoms with Crippen molar-refractivity contribution in [3.8, 4) is 0 Å². The van der Waals surface area contributed by atoms with E-state index in [1.165, 1.54) is 17.3 Å². The maximum absolute atomic E-state index is 13.6. The first-order valence-electron chi connectivity index (χ1n) is 7.31. The third-order valence-electron chi connectivity index (χ3n) is 4.16. The van der Waals surface area contributed by atoms with Gasteiger partial charge in [-0.05, 0) is 30.2 Å². The van der Waals surface area contributed by atoms with Gasteiger partial charge in [0.1, 0.15) is 11.7 Å². The number of allylic oxidation sites excluding steroid dienone is 1. The maximum atomic E-state index is 13.6. The van der Waals surface area contributed by atoms with Crippen LogP contribution in [-0.2, 0) is 0 Å². The number of amidine groups is 1. The second-order valence-electron chi connectivity index (χ2n) is 5.51. The molecule has 1 aromatic carbocycles. The minimum Gasteiger partial charge on any atom is -0.302 e. The Morgan fingerprint density at radius 3 is 3.14 bits per heavy atom. The number of rotatable bonds is 1. The highest BCUT2D eigenvalue weighted by molar-refractivity contribution is 6.07. The Morgan fingerprint density at radius 1 is 1.29 bits per heavy atom. The van der Waals surface area contributed by atoms with Crippen LogP contribution in [0, 0.1) is 11.7 Å². The zero-order valence-electron chi connectivity index (χ0n) is 11.7. The van der Waals surface area contributed by atoms with E-state index < -0.39 is 0 Å². The van der Waals surface area contributed by atoms with Crippen LogP contribution in [0.5, 0.6) is 0 Å². The van der Waals surface area contributed by atoms with E-state index in [2.05, 4.69) is 27.0 Å². The highest BCUT2D eigenvalue weighted by atomic mass is 19.1. The Labute approximate surface area is 123 Å². The van der Waals surface area contributed by atoms with E-state index >= 15 is 0 Å². The SMILES string of the molecule is Fc1cccc(N2C3=NCC=CC3CC3=C2CCN=C3)c1. The summed E-state index contributed by atoms with van der Waals surface area (Å²) >= 11 is 0. The molecule has 0 amide bonds. The monoisotopic (exact) mass is 281 g/mol. The molecule has 0 radical (unpaired) electrons. The molecule has 4 rings (SSSR count). The lowest BCUT2D eigenvalue weighted by molar-refractivity contribution is 0.627. The van der Waals surface area contributed by atoms with Gasteiger partial charge in [-0.25, -0.2) is 4.39 Å². The van der Waals surface area contributed by atoms with Gasteiger partial charge in [0.25, 0.3) is 0 Å². The third kappa shape index (κ3) is 2.11. The molecule has 0 aliphatic carbocycles. The van der Waals surface area contributed by atoms with Crippen molar-refractivity contribution < 1.29 is 4.39 Å². The lowest BCUT2D eigenvalue weighted by atomic mass is 9.88. The number of aliphatic imine (C=N–C) groups is 2. The van der Waals surface area contributed by atoms with E-state index in [9.17, 15) is 4.39 Å². The van der Waals surface area contributed by atoms with E-state index in [1.807, 2.05) is 12.3 Å². The maximum Gasteiger partial charge on any atom is 0.125 e. The van der Waals surface area contributed by atoms with Gasteiger partial charge in [-0.15, -0.1) is 0 Å². The van der Waals surface area contributed by atoms with Crippen molar-refractivity contribution in [2.75, 3.05) is 18.0 Å². The fourth-order valence-corrected chi connectivity index (χ4v) is 3.26. The number of hydrogen-bond donors (Lipinski definition) is 0. The first kappa shape index (κ1) is 12.5. The predicted octanol–water partition coefficient (Wildman–Crippen LogP) is 3.35. The molecule has 0 bridgehead atoms. The predicted molar refractivity (Wildman–Crippen MR) is 83.4 cm³/mol. The molecule has 1 unspecified atom stereocenters. The molecular weight excluding hydrogens is 265 g/mol. The van der Waals surface area contributed by atoms with Gasteiger partial charge < -0.3 is 4.90 Å². The van der Waals surface area contributed by atoms with E-state index in [1.54, 1.807) is 12.1 Å². The van der Waals surface area contributed by atoms with Crippen molar-refractivity contribution >= 4 is 17.7 Å². The van der Waals surface area contributed by atoms with Crippen LogP contribution in [0.25, 0.3) is 0 Å². The van der Waals surface area contributed by atoms with E-state index in [4.69, 9.17) is 0 Å². The molecule has 4 heteroatoms. The van der Waals surface area contributed by atoms with Crippen LogP contribution >= 0.6 is 0 Å². The van der Waals surface area contributed by atoms with Crippen LogP contribution in [0.15, 0.2) is 57.7 Å². The standard InChI is InChI=1S/C17H16FN3/c18-14-4-1-5-15(10-14)21-16-6-8-19-11-13(16)9-12-3-2-7-20-17(12)21/h1-5,10-12H,6-9H2. The fourth-order valence-electron chi connectivity index (χ4n) is 3.26. The van der Waals surface area contributed by atoms with Crippen molar-refractivity contribution in [3.63, 3.8) is 0 Å². The molecule has 0 saturated carbocycles. The summed E-state index contributed by atoms with van der Waals surface area (Å²) in [7, 11) is 0. The third-order valence-corrected chi connectivity index (χ3v) is 4.16. The van der Waals surface area contributed by atoms with Crippen LogP contribution in [0.1, 0.15) is 12.8 Å². The number of anilines is 1. The Morgan fingerprint density at radius 2 is 2.24 bits per heavy atom. The van der Waals surface area contributed by atoms with Gasteiger partial charge in [0, 0.05) is 36.5 Å². The number of benzene rings is 1. The molecule has 106 valence electrons. The summed E-state index contributed by atoms with van der Waals surface area (Å²) in [5.74, 6) is 1.09. The van der Waals surface area contributed by atoms with E-state index in [0.717, 1.165) is 30.9 Å². The van der Waals surface area contributed by atoms with Crippen molar-refractivity contribution in [2.24, 2.45) is 15.9 Å². The second kappa shape index (κ2) is 4.95. The van der Waals surface area contributed by atoms with Crippen LogP contribution in [0.4, 0.5) is 10.1 Å². The fraction of sp³-hybridized carbons (Fsp3) is 0.294. The average Bonchev–Trinajstić information content (AvgIpc) is 2.52. The lowest BCUT2D eigenvalue weighted by Crippen LogP contribution is -2.42. The van der Waals surface area contributed by atoms with Crippen LogP contribution in [-0.4, -0.2) is 25.1 Å². The molecular formula is C17H16FN3. The lowest BCUT2D eigenvalue weighted by Gasteiger charge is -2.39. The van der Waals surface area contributed by atoms with Crippen molar-refractivity contribution in [2.45, 2.75) is 12.8 Å². The molecule has 3 aliphatic rings. The zero-order valence-corrected chi connectivity index (χ0v) is 11.7. The number of halogens is 1. The Balaban J connectivity index is 1.87. The van der Waals surface area contributed by atoms with Crippen LogP contribution in [0.3, 0.4) is 0 Å². The molecule has 3 heterocycles. The first-order chi connectivity index (χ1) is 10.3. The highest BCUT2D eigenvalue weighted by Gasteiger charge is 2.33.